The van der Waals surface area contributed by atoms with Gasteiger partial charge >= 0.3 is 0 Å². The fourth-order valence-corrected chi connectivity index (χ4v) is 4.01. The number of nitrogens with one attached hydrogen (secondary N) is 2. The number of aliphatic imine (C=N–C) groups is 1. The molecule has 0 spiro atoms. The third-order valence-corrected chi connectivity index (χ3v) is 5.44. The first-order chi connectivity index (χ1) is 11.4. The number of rotatable bonds is 6. The number of furan rings is 1. The maximum absolute atomic E-state index is 5.67. The SMILES string of the molecule is c1coc(CCNC(=NCC2CCCO2)NC2CCCSC2)c1. The average Bonchev–Trinajstić information content (AvgIpc) is 3.27. The predicted octanol–water partition coefficient (Wildman–Crippen LogP) is 2.43. The normalized spacial score (nSPS) is 25.5. The Labute approximate surface area is 142 Å². The van der Waals surface area contributed by atoms with Crippen LogP contribution in [0.15, 0.2) is 27.8 Å². The van der Waals surface area contributed by atoms with Crippen LogP contribution >= 0.6 is 11.8 Å². The van der Waals surface area contributed by atoms with Crippen molar-refractivity contribution in [1.29, 1.82) is 0 Å². The van der Waals surface area contributed by atoms with Gasteiger partial charge in [-0.2, -0.15) is 11.8 Å². The zero-order valence-electron chi connectivity index (χ0n) is 13.6. The minimum absolute atomic E-state index is 0.291. The second-order valence-electron chi connectivity index (χ2n) is 6.14. The summed E-state index contributed by atoms with van der Waals surface area (Å²) in [7, 11) is 0. The molecule has 2 unspecified atom stereocenters. The maximum Gasteiger partial charge on any atom is 0.191 e. The standard InChI is InChI=1S/C17H27N3O2S/c1-5-15(21-9-1)7-8-18-17(19-12-16-6-2-10-22-16)20-14-4-3-11-23-13-14/h1,5,9,14,16H,2-4,6-8,10-13H2,(H2,18,19,20). The van der Waals surface area contributed by atoms with Gasteiger partial charge in [-0.3, -0.25) is 4.99 Å². The molecule has 2 N–H and O–H groups in total. The number of hydrogen-bond acceptors (Lipinski definition) is 4. The lowest BCUT2D eigenvalue weighted by atomic mass is 10.2. The summed E-state index contributed by atoms with van der Waals surface area (Å²) in [5.74, 6) is 4.37. The highest BCUT2D eigenvalue weighted by Crippen LogP contribution is 2.17. The van der Waals surface area contributed by atoms with E-state index in [1.165, 1.54) is 24.3 Å². The van der Waals surface area contributed by atoms with E-state index in [4.69, 9.17) is 14.1 Å². The van der Waals surface area contributed by atoms with Gasteiger partial charge in [0.15, 0.2) is 5.96 Å². The average molecular weight is 337 g/mol. The van der Waals surface area contributed by atoms with E-state index in [9.17, 15) is 0 Å². The van der Waals surface area contributed by atoms with Crippen molar-refractivity contribution in [3.8, 4) is 0 Å². The number of hydrogen-bond donors (Lipinski definition) is 2. The lowest BCUT2D eigenvalue weighted by Gasteiger charge is -2.25. The molecule has 3 heterocycles. The predicted molar refractivity (Wildman–Crippen MR) is 95.2 cm³/mol. The number of nitrogens with zero attached hydrogens (tertiary/aromatic N) is 1. The number of thioether (sulfide) groups is 1. The third kappa shape index (κ3) is 5.77. The molecular weight excluding hydrogens is 310 g/mol. The highest BCUT2D eigenvalue weighted by molar-refractivity contribution is 7.99. The molecule has 2 atom stereocenters. The van der Waals surface area contributed by atoms with E-state index in [0.29, 0.717) is 12.1 Å². The van der Waals surface area contributed by atoms with Gasteiger partial charge in [0, 0.05) is 31.4 Å². The van der Waals surface area contributed by atoms with Crippen LogP contribution in [0.5, 0.6) is 0 Å². The van der Waals surface area contributed by atoms with Crippen molar-refractivity contribution < 1.29 is 9.15 Å². The van der Waals surface area contributed by atoms with Gasteiger partial charge in [-0.25, -0.2) is 0 Å². The molecule has 23 heavy (non-hydrogen) atoms. The van der Waals surface area contributed by atoms with Gasteiger partial charge in [-0.15, -0.1) is 0 Å². The van der Waals surface area contributed by atoms with E-state index in [1.807, 2.05) is 23.9 Å². The first-order valence-corrected chi connectivity index (χ1v) is 9.82. The Balaban J connectivity index is 1.49. The van der Waals surface area contributed by atoms with Gasteiger partial charge in [0.2, 0.25) is 0 Å². The fourth-order valence-electron chi connectivity index (χ4n) is 2.94. The molecule has 0 bridgehead atoms. The first kappa shape index (κ1) is 16.7. The minimum Gasteiger partial charge on any atom is -0.469 e. The summed E-state index contributed by atoms with van der Waals surface area (Å²) < 4.78 is 11.1. The van der Waals surface area contributed by atoms with Crippen LogP contribution < -0.4 is 10.6 Å². The molecule has 0 saturated carbocycles. The Morgan fingerprint density at radius 3 is 3.09 bits per heavy atom. The molecule has 2 aliphatic heterocycles. The van der Waals surface area contributed by atoms with Gasteiger partial charge in [0.25, 0.3) is 0 Å². The molecule has 1 aromatic rings. The monoisotopic (exact) mass is 337 g/mol. The van der Waals surface area contributed by atoms with E-state index >= 15 is 0 Å². The van der Waals surface area contributed by atoms with Crippen LogP contribution in [-0.2, 0) is 11.2 Å². The van der Waals surface area contributed by atoms with Crippen molar-refractivity contribution in [2.75, 3.05) is 31.2 Å². The lowest BCUT2D eigenvalue weighted by Crippen LogP contribution is -2.46. The molecular formula is C17H27N3O2S. The van der Waals surface area contributed by atoms with Crippen molar-refractivity contribution in [2.45, 2.75) is 44.2 Å². The summed E-state index contributed by atoms with van der Waals surface area (Å²) in [6.07, 6.45) is 7.68. The topological polar surface area (TPSA) is 58.8 Å². The lowest BCUT2D eigenvalue weighted by molar-refractivity contribution is 0.117. The van der Waals surface area contributed by atoms with Crippen molar-refractivity contribution in [3.05, 3.63) is 24.2 Å². The van der Waals surface area contributed by atoms with Gasteiger partial charge < -0.3 is 19.8 Å². The summed E-state index contributed by atoms with van der Waals surface area (Å²) in [6, 6.07) is 4.46. The van der Waals surface area contributed by atoms with Crippen LogP contribution in [0.4, 0.5) is 0 Å². The van der Waals surface area contributed by atoms with Crippen molar-refractivity contribution in [3.63, 3.8) is 0 Å². The molecule has 5 nitrogen and oxygen atoms in total. The number of ether oxygens (including phenoxy) is 1. The highest BCUT2D eigenvalue weighted by Gasteiger charge is 2.17. The fraction of sp³-hybridized carbons (Fsp3) is 0.706. The van der Waals surface area contributed by atoms with E-state index in [1.54, 1.807) is 6.26 Å². The summed E-state index contributed by atoms with van der Waals surface area (Å²) in [5, 5.41) is 7.04. The van der Waals surface area contributed by atoms with E-state index in [0.717, 1.165) is 50.7 Å². The summed E-state index contributed by atoms with van der Waals surface area (Å²) >= 11 is 2.03. The van der Waals surface area contributed by atoms with Gasteiger partial charge in [-0.1, -0.05) is 0 Å². The van der Waals surface area contributed by atoms with Gasteiger partial charge in [-0.05, 0) is 43.6 Å². The molecule has 6 heteroatoms. The van der Waals surface area contributed by atoms with Crippen LogP contribution in [0, 0.1) is 0 Å². The Morgan fingerprint density at radius 2 is 2.35 bits per heavy atom. The van der Waals surface area contributed by atoms with Crippen molar-refractivity contribution in [2.24, 2.45) is 4.99 Å². The largest absolute Gasteiger partial charge is 0.469 e. The summed E-state index contributed by atoms with van der Waals surface area (Å²) in [5.41, 5.74) is 0. The Bertz CT molecular complexity index is 466. The molecule has 2 aliphatic rings. The zero-order chi connectivity index (χ0) is 15.7. The van der Waals surface area contributed by atoms with Gasteiger partial charge in [0.1, 0.15) is 5.76 Å². The van der Waals surface area contributed by atoms with Crippen LogP contribution in [0.2, 0.25) is 0 Å². The van der Waals surface area contributed by atoms with E-state index in [-0.39, 0.29) is 0 Å². The second-order valence-corrected chi connectivity index (χ2v) is 7.29. The third-order valence-electron chi connectivity index (χ3n) is 4.22. The highest BCUT2D eigenvalue weighted by atomic mass is 32.2. The maximum atomic E-state index is 5.67. The second kappa shape index (κ2) is 9.23. The Hall–Kier alpha value is -1.14. The zero-order valence-corrected chi connectivity index (χ0v) is 14.4. The molecule has 128 valence electrons. The van der Waals surface area contributed by atoms with Crippen molar-refractivity contribution >= 4 is 17.7 Å². The molecule has 0 radical (unpaired) electrons. The quantitative estimate of drug-likeness (QED) is 0.617. The van der Waals surface area contributed by atoms with Crippen LogP contribution in [0.1, 0.15) is 31.4 Å². The molecule has 2 saturated heterocycles. The molecule has 0 amide bonds. The van der Waals surface area contributed by atoms with E-state index < -0.39 is 0 Å². The van der Waals surface area contributed by atoms with Crippen molar-refractivity contribution in [1.82, 2.24) is 10.6 Å². The number of guanidine groups is 1. The summed E-state index contributed by atoms with van der Waals surface area (Å²) in [6.45, 7) is 2.45. The Morgan fingerprint density at radius 1 is 1.35 bits per heavy atom. The molecule has 0 aliphatic carbocycles. The van der Waals surface area contributed by atoms with E-state index in [2.05, 4.69) is 10.6 Å². The molecule has 0 aromatic carbocycles. The minimum atomic E-state index is 0.291. The molecule has 1 aromatic heterocycles. The first-order valence-electron chi connectivity index (χ1n) is 8.67. The smallest absolute Gasteiger partial charge is 0.191 e. The Kier molecular flexibility index (Phi) is 6.70. The molecule has 2 fully saturated rings. The van der Waals surface area contributed by atoms with Crippen LogP contribution in [0.25, 0.3) is 0 Å². The van der Waals surface area contributed by atoms with Crippen LogP contribution in [0.3, 0.4) is 0 Å². The van der Waals surface area contributed by atoms with Crippen LogP contribution in [-0.4, -0.2) is 49.3 Å². The summed E-state index contributed by atoms with van der Waals surface area (Å²) in [4.78, 5) is 4.75. The van der Waals surface area contributed by atoms with Gasteiger partial charge in [0.05, 0.1) is 18.9 Å². The molecule has 3 rings (SSSR count).